The number of guanidine groups is 1. The van der Waals surface area contributed by atoms with E-state index >= 15 is 0 Å². The molecule has 1 amide bonds. The van der Waals surface area contributed by atoms with Crippen LogP contribution >= 0.6 is 24.0 Å². The zero-order valence-corrected chi connectivity index (χ0v) is 21.7. The van der Waals surface area contributed by atoms with Gasteiger partial charge in [-0.15, -0.1) is 24.0 Å². The van der Waals surface area contributed by atoms with Crippen LogP contribution in [0.2, 0.25) is 0 Å². The number of carbonyl (C=O) groups excluding carboxylic acids is 1. The molecule has 7 nitrogen and oxygen atoms in total. The minimum absolute atomic E-state index is 0. The molecule has 1 aromatic heterocycles. The molecule has 1 aliphatic heterocycles. The SMILES string of the molecule is CCNC(=NCc1cccc(CN(CC)CC)c1)N1CCN(C(=O)c2ccco2)CC1.I. The van der Waals surface area contributed by atoms with E-state index in [4.69, 9.17) is 9.41 Å². The minimum atomic E-state index is -0.0448. The monoisotopic (exact) mass is 553 g/mol. The summed E-state index contributed by atoms with van der Waals surface area (Å²) in [5.41, 5.74) is 2.54. The Labute approximate surface area is 208 Å². The van der Waals surface area contributed by atoms with Crippen LogP contribution in [-0.4, -0.2) is 72.4 Å². The molecule has 0 radical (unpaired) electrons. The first kappa shape index (κ1) is 26.2. The van der Waals surface area contributed by atoms with E-state index in [2.05, 4.69) is 60.2 Å². The minimum Gasteiger partial charge on any atom is -0.459 e. The van der Waals surface area contributed by atoms with Crippen molar-refractivity contribution in [2.75, 3.05) is 45.8 Å². The number of nitrogens with one attached hydrogen (secondary N) is 1. The summed E-state index contributed by atoms with van der Waals surface area (Å²) >= 11 is 0. The summed E-state index contributed by atoms with van der Waals surface area (Å²) in [6.07, 6.45) is 1.54. The maximum atomic E-state index is 12.5. The van der Waals surface area contributed by atoms with Crippen LogP contribution in [0.3, 0.4) is 0 Å². The van der Waals surface area contributed by atoms with Crippen LogP contribution in [0.25, 0.3) is 0 Å². The molecular weight excluding hydrogens is 517 g/mol. The number of amides is 1. The van der Waals surface area contributed by atoms with Gasteiger partial charge in [0.25, 0.3) is 5.91 Å². The van der Waals surface area contributed by atoms with Crippen molar-refractivity contribution in [2.24, 2.45) is 4.99 Å². The van der Waals surface area contributed by atoms with Gasteiger partial charge in [0.2, 0.25) is 0 Å². The van der Waals surface area contributed by atoms with Crippen molar-refractivity contribution < 1.29 is 9.21 Å². The van der Waals surface area contributed by atoms with Gasteiger partial charge in [-0.2, -0.15) is 0 Å². The van der Waals surface area contributed by atoms with Crippen LogP contribution in [0.1, 0.15) is 42.5 Å². The lowest BCUT2D eigenvalue weighted by molar-refractivity contribution is 0.0657. The smallest absolute Gasteiger partial charge is 0.289 e. The molecule has 176 valence electrons. The Morgan fingerprint density at radius 1 is 1.03 bits per heavy atom. The first-order chi connectivity index (χ1) is 15.1. The topological polar surface area (TPSA) is 64.3 Å². The molecule has 0 aliphatic carbocycles. The highest BCUT2D eigenvalue weighted by atomic mass is 127. The first-order valence-electron chi connectivity index (χ1n) is 11.3. The number of rotatable bonds is 8. The van der Waals surface area contributed by atoms with Crippen LogP contribution in [0.4, 0.5) is 0 Å². The predicted molar refractivity (Wildman–Crippen MR) is 139 cm³/mol. The number of nitrogens with zero attached hydrogens (tertiary/aromatic N) is 4. The van der Waals surface area contributed by atoms with Crippen LogP contribution in [0.15, 0.2) is 52.1 Å². The zero-order chi connectivity index (χ0) is 22.1. The lowest BCUT2D eigenvalue weighted by Crippen LogP contribution is -2.53. The Morgan fingerprint density at radius 3 is 2.34 bits per heavy atom. The first-order valence-corrected chi connectivity index (χ1v) is 11.3. The van der Waals surface area contributed by atoms with Crippen LogP contribution in [-0.2, 0) is 13.1 Å². The summed E-state index contributed by atoms with van der Waals surface area (Å²) in [6, 6.07) is 12.2. The molecule has 1 aliphatic rings. The van der Waals surface area contributed by atoms with Gasteiger partial charge in [0.15, 0.2) is 11.7 Å². The highest BCUT2D eigenvalue weighted by Crippen LogP contribution is 2.12. The van der Waals surface area contributed by atoms with Crippen LogP contribution in [0.5, 0.6) is 0 Å². The second-order valence-electron chi connectivity index (χ2n) is 7.71. The summed E-state index contributed by atoms with van der Waals surface area (Å²) in [4.78, 5) is 23.9. The summed E-state index contributed by atoms with van der Waals surface area (Å²) in [7, 11) is 0. The van der Waals surface area contributed by atoms with E-state index in [1.54, 1.807) is 12.1 Å². The molecule has 32 heavy (non-hydrogen) atoms. The third kappa shape index (κ3) is 7.23. The molecule has 2 heterocycles. The summed E-state index contributed by atoms with van der Waals surface area (Å²) < 4.78 is 5.25. The molecule has 0 saturated carbocycles. The van der Waals surface area contributed by atoms with E-state index in [9.17, 15) is 4.79 Å². The maximum Gasteiger partial charge on any atom is 0.289 e. The van der Waals surface area contributed by atoms with E-state index in [0.29, 0.717) is 25.4 Å². The molecule has 0 atom stereocenters. The van der Waals surface area contributed by atoms with Gasteiger partial charge < -0.3 is 19.5 Å². The number of piperazine rings is 1. The van der Waals surface area contributed by atoms with Crippen molar-refractivity contribution in [1.82, 2.24) is 20.0 Å². The van der Waals surface area contributed by atoms with E-state index in [0.717, 1.165) is 45.2 Å². The van der Waals surface area contributed by atoms with E-state index in [1.165, 1.54) is 17.4 Å². The molecular formula is C24H36IN5O2. The predicted octanol–water partition coefficient (Wildman–Crippen LogP) is 3.66. The van der Waals surface area contributed by atoms with Crippen molar-refractivity contribution in [3.63, 3.8) is 0 Å². The fourth-order valence-corrected chi connectivity index (χ4v) is 3.80. The van der Waals surface area contributed by atoms with E-state index in [1.807, 2.05) is 4.90 Å². The number of benzene rings is 1. The van der Waals surface area contributed by atoms with Crippen molar-refractivity contribution in [2.45, 2.75) is 33.9 Å². The number of furan rings is 1. The maximum absolute atomic E-state index is 12.5. The molecule has 1 aromatic carbocycles. The molecule has 1 N–H and O–H groups in total. The lowest BCUT2D eigenvalue weighted by Gasteiger charge is -2.36. The fourth-order valence-electron chi connectivity index (χ4n) is 3.80. The summed E-state index contributed by atoms with van der Waals surface area (Å²) in [6.45, 7) is 13.8. The Kier molecular flexibility index (Phi) is 11.0. The average molecular weight is 553 g/mol. The molecule has 0 unspecified atom stereocenters. The quantitative estimate of drug-likeness (QED) is 0.307. The number of halogens is 1. The highest BCUT2D eigenvalue weighted by Gasteiger charge is 2.25. The Balaban J connectivity index is 0.00000363. The molecule has 3 rings (SSSR count). The lowest BCUT2D eigenvalue weighted by atomic mass is 10.1. The van der Waals surface area contributed by atoms with Crippen molar-refractivity contribution >= 4 is 35.8 Å². The van der Waals surface area contributed by atoms with Gasteiger partial charge in [0.1, 0.15) is 0 Å². The van der Waals surface area contributed by atoms with Crippen molar-refractivity contribution in [3.05, 3.63) is 59.5 Å². The van der Waals surface area contributed by atoms with E-state index in [-0.39, 0.29) is 29.9 Å². The van der Waals surface area contributed by atoms with Gasteiger partial charge in [-0.05, 0) is 43.3 Å². The fraction of sp³-hybridized carbons (Fsp3) is 0.500. The third-order valence-corrected chi connectivity index (χ3v) is 5.64. The van der Waals surface area contributed by atoms with Gasteiger partial charge >= 0.3 is 0 Å². The summed E-state index contributed by atoms with van der Waals surface area (Å²) in [5.74, 6) is 1.26. The molecule has 1 fully saturated rings. The van der Waals surface area contributed by atoms with Crippen LogP contribution in [0, 0.1) is 0 Å². The molecule has 0 bridgehead atoms. The van der Waals surface area contributed by atoms with Crippen LogP contribution < -0.4 is 5.32 Å². The Hall–Kier alpha value is -2.07. The largest absolute Gasteiger partial charge is 0.459 e. The van der Waals surface area contributed by atoms with E-state index < -0.39 is 0 Å². The standard InChI is InChI=1S/C24H35N5O2.HI/c1-4-25-24(26-18-20-9-7-10-21(17-20)19-27(5-2)6-3)29-14-12-28(13-15-29)23(30)22-11-8-16-31-22;/h7-11,16-17H,4-6,12-15,18-19H2,1-3H3,(H,25,26);1H. The van der Waals surface area contributed by atoms with Crippen molar-refractivity contribution in [1.29, 1.82) is 0 Å². The molecule has 1 saturated heterocycles. The van der Waals surface area contributed by atoms with Gasteiger partial charge in [0, 0.05) is 39.3 Å². The zero-order valence-electron chi connectivity index (χ0n) is 19.4. The van der Waals surface area contributed by atoms with Gasteiger partial charge in [-0.25, -0.2) is 4.99 Å². The Bertz CT molecular complexity index is 844. The normalized spacial score (nSPS) is 14.4. The Morgan fingerprint density at radius 2 is 1.72 bits per heavy atom. The van der Waals surface area contributed by atoms with Crippen molar-refractivity contribution in [3.8, 4) is 0 Å². The second kappa shape index (κ2) is 13.5. The van der Waals surface area contributed by atoms with Gasteiger partial charge in [0.05, 0.1) is 12.8 Å². The van der Waals surface area contributed by atoms with Gasteiger partial charge in [-0.1, -0.05) is 38.1 Å². The molecule has 8 heteroatoms. The third-order valence-electron chi connectivity index (χ3n) is 5.64. The number of carbonyl (C=O) groups is 1. The molecule has 0 spiro atoms. The average Bonchev–Trinajstić information content (AvgIpc) is 3.35. The highest BCUT2D eigenvalue weighted by molar-refractivity contribution is 14.0. The number of hydrogen-bond donors (Lipinski definition) is 1. The molecule has 2 aromatic rings. The number of hydrogen-bond acceptors (Lipinski definition) is 4. The summed E-state index contributed by atoms with van der Waals surface area (Å²) in [5, 5.41) is 3.41. The second-order valence-corrected chi connectivity index (χ2v) is 7.71. The van der Waals surface area contributed by atoms with Gasteiger partial charge in [-0.3, -0.25) is 9.69 Å². The number of aliphatic imine (C=N–C) groups is 1.